The van der Waals surface area contributed by atoms with Crippen molar-refractivity contribution in [3.05, 3.63) is 82.2 Å². The van der Waals surface area contributed by atoms with Crippen molar-refractivity contribution < 1.29 is 39.9 Å². The predicted molar refractivity (Wildman–Crippen MR) is 128 cm³/mol. The second kappa shape index (κ2) is 10.9. The average molecular weight is 543 g/mol. The van der Waals surface area contributed by atoms with Crippen molar-refractivity contribution in [2.45, 2.75) is 64.5 Å². The van der Waals surface area contributed by atoms with Crippen molar-refractivity contribution in [2.24, 2.45) is 5.92 Å². The maximum Gasteiger partial charge on any atom is 0.422 e. The number of alkyl halides is 3. The molecule has 0 heterocycles. The third-order valence-electron chi connectivity index (χ3n) is 7.22. The summed E-state index contributed by atoms with van der Waals surface area (Å²) in [7, 11) is 0. The van der Waals surface area contributed by atoms with E-state index in [4.69, 9.17) is 4.74 Å². The molecule has 3 aromatic rings. The van der Waals surface area contributed by atoms with Crippen LogP contribution < -0.4 is 4.74 Å². The van der Waals surface area contributed by atoms with Gasteiger partial charge in [-0.25, -0.2) is 22.0 Å². The summed E-state index contributed by atoms with van der Waals surface area (Å²) in [5.74, 6) is -8.12. The van der Waals surface area contributed by atoms with Crippen molar-refractivity contribution >= 4 is 0 Å². The van der Waals surface area contributed by atoms with E-state index in [2.05, 4.69) is 6.92 Å². The van der Waals surface area contributed by atoms with Crippen molar-refractivity contribution in [1.29, 1.82) is 0 Å². The molecular weight excluding hydrogens is 516 g/mol. The lowest BCUT2D eigenvalue weighted by Gasteiger charge is -2.30. The maximum absolute atomic E-state index is 15.4. The Bertz CT molecular complexity index is 1300. The van der Waals surface area contributed by atoms with Gasteiger partial charge in [-0.2, -0.15) is 13.2 Å². The van der Waals surface area contributed by atoms with Gasteiger partial charge >= 0.3 is 6.18 Å². The zero-order valence-electron chi connectivity index (χ0n) is 20.8. The first-order chi connectivity index (χ1) is 17.9. The Labute approximate surface area is 215 Å². The Hall–Kier alpha value is -3.10. The minimum absolute atomic E-state index is 0.0570. The van der Waals surface area contributed by atoms with Crippen LogP contribution in [0.25, 0.3) is 11.1 Å². The summed E-state index contributed by atoms with van der Waals surface area (Å²) in [6, 6.07) is 6.51. The van der Waals surface area contributed by atoms with Crippen LogP contribution in [0.15, 0.2) is 36.4 Å². The number of ether oxygens (including phenoxy) is 1. The van der Waals surface area contributed by atoms with Crippen LogP contribution in [0.4, 0.5) is 35.1 Å². The highest BCUT2D eigenvalue weighted by Gasteiger charge is 2.38. The van der Waals surface area contributed by atoms with Gasteiger partial charge in [0.25, 0.3) is 0 Å². The fourth-order valence-electron chi connectivity index (χ4n) is 5.28. The van der Waals surface area contributed by atoms with Gasteiger partial charge in [0.15, 0.2) is 23.2 Å². The van der Waals surface area contributed by atoms with Crippen LogP contribution >= 0.6 is 0 Å². The van der Waals surface area contributed by atoms with E-state index in [9.17, 15) is 26.3 Å². The van der Waals surface area contributed by atoms with Crippen molar-refractivity contribution in [3.8, 4) is 22.6 Å². The molecule has 1 nitrogen and oxygen atoms in total. The Morgan fingerprint density at radius 2 is 1.45 bits per heavy atom. The highest BCUT2D eigenvalue weighted by molar-refractivity contribution is 5.71. The number of benzene rings is 3. The summed E-state index contributed by atoms with van der Waals surface area (Å²) in [5.41, 5.74) is -3.24. The summed E-state index contributed by atoms with van der Waals surface area (Å²) in [4.78, 5) is 0. The van der Waals surface area contributed by atoms with Gasteiger partial charge in [0.1, 0.15) is 22.9 Å². The first-order valence-corrected chi connectivity index (χ1v) is 12.4. The topological polar surface area (TPSA) is 9.23 Å². The predicted octanol–water partition coefficient (Wildman–Crippen LogP) is 10.2. The molecule has 1 fully saturated rings. The van der Waals surface area contributed by atoms with E-state index in [0.29, 0.717) is 30.9 Å². The van der Waals surface area contributed by atoms with Gasteiger partial charge in [0.2, 0.25) is 0 Å². The number of halogens is 8. The molecule has 0 aliphatic heterocycles. The Morgan fingerprint density at radius 3 is 2.03 bits per heavy atom. The Balaban J connectivity index is 1.79. The molecular formula is C29H26F8O. The first-order valence-electron chi connectivity index (χ1n) is 12.4. The van der Waals surface area contributed by atoms with Crippen molar-refractivity contribution in [3.63, 3.8) is 0 Å². The normalized spacial score (nSPS) is 18.1. The van der Waals surface area contributed by atoms with Crippen LogP contribution in [0.1, 0.15) is 68.1 Å². The maximum atomic E-state index is 15.4. The van der Waals surface area contributed by atoms with Crippen LogP contribution in [0.3, 0.4) is 0 Å². The second-order valence-electron chi connectivity index (χ2n) is 9.73. The summed E-state index contributed by atoms with van der Waals surface area (Å²) >= 11 is 0. The Morgan fingerprint density at radius 1 is 0.842 bits per heavy atom. The molecule has 0 saturated heterocycles. The summed E-state index contributed by atoms with van der Waals surface area (Å²) in [5, 5.41) is 0. The standard InChI is InChI=1S/C29H26F8O/c1-3-6-16-9-11-17(12-10-16)23-27(34)25(32)15(2)26(33)28(23)38-22-8-5-4-7-19(22)18-13-20(30)24(21(31)14-18)29(35,36)37/h4-5,7-8,13-14,16-17H,3,6,9-12H2,1-2H3. The molecule has 204 valence electrons. The van der Waals surface area contributed by atoms with Gasteiger partial charge in [-0.1, -0.05) is 38.0 Å². The highest BCUT2D eigenvalue weighted by atomic mass is 19.4. The van der Waals surface area contributed by atoms with E-state index in [0.717, 1.165) is 32.6 Å². The third kappa shape index (κ3) is 5.38. The highest BCUT2D eigenvalue weighted by Crippen LogP contribution is 2.47. The van der Waals surface area contributed by atoms with Crippen molar-refractivity contribution in [1.82, 2.24) is 0 Å². The summed E-state index contributed by atoms with van der Waals surface area (Å²) < 4.78 is 119. The molecule has 0 bridgehead atoms. The van der Waals surface area contributed by atoms with Crippen LogP contribution in [0.5, 0.6) is 11.5 Å². The van der Waals surface area contributed by atoms with E-state index in [1.165, 1.54) is 24.3 Å². The molecule has 1 aliphatic rings. The molecule has 3 aromatic carbocycles. The lowest BCUT2D eigenvalue weighted by Crippen LogP contribution is -2.17. The molecule has 38 heavy (non-hydrogen) atoms. The number of hydrogen-bond acceptors (Lipinski definition) is 1. The monoisotopic (exact) mass is 542 g/mol. The lowest BCUT2D eigenvalue weighted by molar-refractivity contribution is -0.142. The Kier molecular flexibility index (Phi) is 8.04. The number of hydrogen-bond donors (Lipinski definition) is 0. The largest absolute Gasteiger partial charge is 0.453 e. The van der Waals surface area contributed by atoms with E-state index >= 15 is 8.78 Å². The van der Waals surface area contributed by atoms with Gasteiger partial charge in [0, 0.05) is 16.7 Å². The lowest BCUT2D eigenvalue weighted by atomic mass is 9.76. The summed E-state index contributed by atoms with van der Waals surface area (Å²) in [6.07, 6.45) is -0.741. The van der Waals surface area contributed by atoms with Gasteiger partial charge in [-0.15, -0.1) is 0 Å². The minimum atomic E-state index is -5.25. The molecule has 1 saturated carbocycles. The SMILES string of the molecule is CCCC1CCC(c2c(F)c(F)c(C)c(F)c2Oc2ccccc2-c2cc(F)c(C(F)(F)F)c(F)c2)CC1. The summed E-state index contributed by atoms with van der Waals surface area (Å²) in [6.45, 7) is 3.13. The second-order valence-corrected chi connectivity index (χ2v) is 9.73. The number of para-hydroxylation sites is 1. The van der Waals surface area contributed by atoms with Gasteiger partial charge in [0.05, 0.1) is 0 Å². The fourth-order valence-corrected chi connectivity index (χ4v) is 5.28. The van der Waals surface area contributed by atoms with Gasteiger partial charge < -0.3 is 4.74 Å². The smallest absolute Gasteiger partial charge is 0.422 e. The van der Waals surface area contributed by atoms with E-state index in [1.54, 1.807) is 0 Å². The van der Waals surface area contributed by atoms with E-state index in [-0.39, 0.29) is 22.4 Å². The molecule has 9 heteroatoms. The van der Waals surface area contributed by atoms with Crippen LogP contribution in [-0.4, -0.2) is 0 Å². The zero-order chi connectivity index (χ0) is 27.8. The van der Waals surface area contributed by atoms with E-state index < -0.39 is 58.1 Å². The van der Waals surface area contributed by atoms with Crippen LogP contribution in [0.2, 0.25) is 0 Å². The first kappa shape index (κ1) is 27.9. The van der Waals surface area contributed by atoms with Crippen LogP contribution in [-0.2, 0) is 6.18 Å². The van der Waals surface area contributed by atoms with Gasteiger partial charge in [-0.05, 0) is 68.2 Å². The molecule has 0 radical (unpaired) electrons. The third-order valence-corrected chi connectivity index (χ3v) is 7.22. The molecule has 0 N–H and O–H groups in total. The molecule has 0 aromatic heterocycles. The number of rotatable bonds is 6. The van der Waals surface area contributed by atoms with Crippen molar-refractivity contribution in [2.75, 3.05) is 0 Å². The quantitative estimate of drug-likeness (QED) is 0.222. The molecule has 0 unspecified atom stereocenters. The molecule has 0 amide bonds. The zero-order valence-corrected chi connectivity index (χ0v) is 20.8. The average Bonchev–Trinajstić information content (AvgIpc) is 2.86. The molecule has 0 spiro atoms. The molecule has 1 aliphatic carbocycles. The van der Waals surface area contributed by atoms with Gasteiger partial charge in [-0.3, -0.25) is 0 Å². The molecule has 4 rings (SSSR count). The minimum Gasteiger partial charge on any atom is -0.453 e. The fraction of sp³-hybridized carbons (Fsp3) is 0.379. The van der Waals surface area contributed by atoms with E-state index in [1.807, 2.05) is 0 Å². The van der Waals surface area contributed by atoms with Crippen LogP contribution in [0, 0.1) is 41.9 Å². The molecule has 0 atom stereocenters.